The van der Waals surface area contributed by atoms with Gasteiger partial charge in [-0.1, -0.05) is 35.9 Å². The number of para-hydroxylation sites is 1. The van der Waals surface area contributed by atoms with E-state index < -0.39 is 17.4 Å². The number of hydrogen-bond donors (Lipinski definition) is 0. The average Bonchev–Trinajstić information content (AvgIpc) is 3.16. The van der Waals surface area contributed by atoms with Crippen molar-refractivity contribution in [3.63, 3.8) is 0 Å². The fraction of sp³-hybridized carbons (Fsp3) is 0.412. The molecule has 1 aromatic carbocycles. The fourth-order valence-electron chi connectivity index (χ4n) is 3.88. The number of amides is 1. The van der Waals surface area contributed by atoms with Gasteiger partial charge in [-0.2, -0.15) is 0 Å². The Morgan fingerprint density at radius 2 is 2.26 bits per heavy atom. The average molecular weight is 334 g/mol. The Balaban J connectivity index is 1.71. The summed E-state index contributed by atoms with van der Waals surface area (Å²) in [6.07, 6.45) is 3.39. The molecule has 0 radical (unpaired) electrons. The van der Waals surface area contributed by atoms with E-state index in [2.05, 4.69) is 0 Å². The van der Waals surface area contributed by atoms with Crippen molar-refractivity contribution in [3.05, 3.63) is 41.4 Å². The number of anilines is 1. The van der Waals surface area contributed by atoms with Gasteiger partial charge in [0.25, 0.3) is 0 Å². The van der Waals surface area contributed by atoms with Crippen molar-refractivity contribution < 1.29 is 19.1 Å². The molecule has 23 heavy (non-hydrogen) atoms. The molecule has 1 amide bonds. The highest BCUT2D eigenvalue weighted by Gasteiger charge is 2.67. The number of halogens is 1. The minimum Gasteiger partial charge on any atom is -0.466 e. The molecule has 0 N–H and O–H groups in total. The van der Waals surface area contributed by atoms with Crippen molar-refractivity contribution in [1.29, 1.82) is 0 Å². The number of rotatable bonds is 3. The summed E-state index contributed by atoms with van der Waals surface area (Å²) in [7, 11) is 0. The Hall–Kier alpha value is -1.85. The summed E-state index contributed by atoms with van der Waals surface area (Å²) in [5, 5.41) is 0.503. The van der Waals surface area contributed by atoms with Gasteiger partial charge in [0.2, 0.25) is 5.91 Å². The van der Waals surface area contributed by atoms with Crippen LogP contribution in [0.1, 0.15) is 6.92 Å². The molecule has 0 aliphatic carbocycles. The van der Waals surface area contributed by atoms with E-state index in [0.717, 1.165) is 0 Å². The van der Waals surface area contributed by atoms with Crippen LogP contribution in [0.25, 0.3) is 0 Å². The van der Waals surface area contributed by atoms with E-state index in [1.54, 1.807) is 24.0 Å². The van der Waals surface area contributed by atoms with Crippen molar-refractivity contribution in [3.8, 4) is 0 Å². The molecule has 4 rings (SSSR count). The lowest BCUT2D eigenvalue weighted by Gasteiger charge is -2.22. The largest absolute Gasteiger partial charge is 0.466 e. The van der Waals surface area contributed by atoms with Crippen molar-refractivity contribution >= 4 is 29.2 Å². The summed E-state index contributed by atoms with van der Waals surface area (Å²) in [5.74, 6) is -1.64. The SMILES string of the molecule is CCOC(=O)[C@@H]1[C@@H]2C=C[C@]3(CN(c4ccccc4Cl)C(=O)[C@H]13)O2. The molecule has 0 saturated carbocycles. The molecule has 0 aromatic heterocycles. The highest BCUT2D eigenvalue weighted by Crippen LogP contribution is 2.53. The monoisotopic (exact) mass is 333 g/mol. The van der Waals surface area contributed by atoms with Crippen LogP contribution < -0.4 is 4.90 Å². The van der Waals surface area contributed by atoms with Gasteiger partial charge in [0, 0.05) is 0 Å². The lowest BCUT2D eigenvalue weighted by atomic mass is 9.77. The van der Waals surface area contributed by atoms with E-state index >= 15 is 0 Å². The lowest BCUT2D eigenvalue weighted by Crippen LogP contribution is -2.40. The van der Waals surface area contributed by atoms with Gasteiger partial charge in [-0.25, -0.2) is 0 Å². The third-order valence-corrected chi connectivity index (χ3v) is 5.12. The summed E-state index contributed by atoms with van der Waals surface area (Å²) in [5.41, 5.74) is -0.107. The second-order valence-electron chi connectivity index (χ2n) is 6.03. The number of fused-ring (bicyclic) bond motifs is 1. The first-order valence-electron chi connectivity index (χ1n) is 7.67. The Morgan fingerprint density at radius 3 is 3.00 bits per heavy atom. The van der Waals surface area contributed by atoms with Crippen LogP contribution in [0.5, 0.6) is 0 Å². The van der Waals surface area contributed by atoms with Crippen LogP contribution in [0.15, 0.2) is 36.4 Å². The number of benzene rings is 1. The third kappa shape index (κ3) is 1.96. The molecule has 5 nitrogen and oxygen atoms in total. The molecule has 2 bridgehead atoms. The Labute approximate surface area is 138 Å². The van der Waals surface area contributed by atoms with Crippen molar-refractivity contribution in [2.45, 2.75) is 18.6 Å². The van der Waals surface area contributed by atoms with Crippen LogP contribution in [0.4, 0.5) is 5.69 Å². The van der Waals surface area contributed by atoms with Crippen molar-refractivity contribution in [1.82, 2.24) is 0 Å². The van der Waals surface area contributed by atoms with Crippen LogP contribution >= 0.6 is 11.6 Å². The molecule has 2 saturated heterocycles. The van der Waals surface area contributed by atoms with Crippen molar-refractivity contribution in [2.24, 2.45) is 11.8 Å². The third-order valence-electron chi connectivity index (χ3n) is 4.80. The molecule has 4 atom stereocenters. The van der Waals surface area contributed by atoms with Gasteiger partial charge in [-0.15, -0.1) is 0 Å². The number of nitrogens with zero attached hydrogens (tertiary/aromatic N) is 1. The van der Waals surface area contributed by atoms with Crippen LogP contribution in [0.3, 0.4) is 0 Å². The first-order chi connectivity index (χ1) is 11.1. The first kappa shape index (κ1) is 14.7. The van der Waals surface area contributed by atoms with Crippen LogP contribution in [0, 0.1) is 11.8 Å². The molecule has 2 fully saturated rings. The predicted molar refractivity (Wildman–Crippen MR) is 84.2 cm³/mol. The Bertz CT molecular complexity index is 718. The second-order valence-corrected chi connectivity index (χ2v) is 6.44. The quantitative estimate of drug-likeness (QED) is 0.628. The summed E-state index contributed by atoms with van der Waals surface area (Å²) in [4.78, 5) is 26.9. The van der Waals surface area contributed by atoms with E-state index in [1.165, 1.54) is 0 Å². The lowest BCUT2D eigenvalue weighted by molar-refractivity contribution is -0.151. The van der Waals surface area contributed by atoms with Gasteiger partial charge < -0.3 is 14.4 Å². The molecule has 0 unspecified atom stereocenters. The van der Waals surface area contributed by atoms with Crippen LogP contribution in [-0.4, -0.2) is 36.7 Å². The molecule has 1 aromatic rings. The molecule has 3 aliphatic rings. The maximum absolute atomic E-state index is 13.0. The molecular weight excluding hydrogens is 318 g/mol. The van der Waals surface area contributed by atoms with Gasteiger partial charge in [0.15, 0.2) is 0 Å². The van der Waals surface area contributed by atoms with Gasteiger partial charge in [0.1, 0.15) is 11.5 Å². The highest BCUT2D eigenvalue weighted by atomic mass is 35.5. The van der Waals surface area contributed by atoms with Gasteiger partial charge in [-0.05, 0) is 19.1 Å². The summed E-state index contributed by atoms with van der Waals surface area (Å²) >= 11 is 6.23. The molecule has 3 aliphatic heterocycles. The molecular formula is C17H16ClNO4. The second kappa shape index (κ2) is 5.08. The minimum absolute atomic E-state index is 0.136. The van der Waals surface area contributed by atoms with Crippen LogP contribution in [-0.2, 0) is 19.1 Å². The number of esters is 1. The molecule has 6 heteroatoms. The van der Waals surface area contributed by atoms with E-state index in [4.69, 9.17) is 21.1 Å². The van der Waals surface area contributed by atoms with E-state index in [1.807, 2.05) is 24.3 Å². The van der Waals surface area contributed by atoms with E-state index in [9.17, 15) is 9.59 Å². The van der Waals surface area contributed by atoms with Crippen molar-refractivity contribution in [2.75, 3.05) is 18.1 Å². The smallest absolute Gasteiger partial charge is 0.312 e. The Morgan fingerprint density at radius 1 is 1.48 bits per heavy atom. The maximum atomic E-state index is 13.0. The first-order valence-corrected chi connectivity index (χ1v) is 8.05. The van der Waals surface area contributed by atoms with Gasteiger partial charge in [0.05, 0.1) is 35.9 Å². The highest BCUT2D eigenvalue weighted by molar-refractivity contribution is 6.34. The zero-order valence-corrected chi connectivity index (χ0v) is 13.3. The predicted octanol–water partition coefficient (Wildman–Crippen LogP) is 2.19. The zero-order valence-electron chi connectivity index (χ0n) is 12.6. The normalized spacial score (nSPS) is 34.1. The summed E-state index contributed by atoms with van der Waals surface area (Å²) in [6.45, 7) is 2.40. The fourth-order valence-corrected chi connectivity index (χ4v) is 4.12. The summed E-state index contributed by atoms with van der Waals surface area (Å²) in [6, 6.07) is 7.19. The topological polar surface area (TPSA) is 55.8 Å². The molecule has 1 spiro atoms. The number of ether oxygens (including phenoxy) is 2. The number of carbonyl (C=O) groups is 2. The summed E-state index contributed by atoms with van der Waals surface area (Å²) < 4.78 is 11.2. The maximum Gasteiger partial charge on any atom is 0.312 e. The number of carbonyl (C=O) groups excluding carboxylic acids is 2. The minimum atomic E-state index is -0.752. The standard InChI is InChI=1S/C17H16ClNO4/c1-2-22-16(21)13-12-7-8-17(23-12)9-19(15(20)14(13)17)11-6-4-3-5-10(11)18/h3-8,12-14H,2,9H2,1H3/t12-,13+,14-,17+/m0/s1. The van der Waals surface area contributed by atoms with Gasteiger partial charge in [-0.3, -0.25) is 9.59 Å². The molecule has 3 heterocycles. The van der Waals surface area contributed by atoms with Gasteiger partial charge >= 0.3 is 5.97 Å². The molecule has 120 valence electrons. The van der Waals surface area contributed by atoms with E-state index in [-0.39, 0.29) is 24.6 Å². The number of hydrogen-bond acceptors (Lipinski definition) is 4. The zero-order chi connectivity index (χ0) is 16.2. The van der Waals surface area contributed by atoms with Crippen LogP contribution in [0.2, 0.25) is 5.02 Å². The Kier molecular flexibility index (Phi) is 3.25. The van der Waals surface area contributed by atoms with E-state index in [0.29, 0.717) is 17.3 Å².